The molecule has 0 aliphatic heterocycles. The van der Waals surface area contributed by atoms with Crippen LogP contribution in [0.2, 0.25) is 0 Å². The van der Waals surface area contributed by atoms with Crippen molar-refractivity contribution in [2.75, 3.05) is 18.1 Å². The lowest BCUT2D eigenvalue weighted by molar-refractivity contribution is -0.388. The van der Waals surface area contributed by atoms with Gasteiger partial charge in [-0.15, -0.1) is 0 Å². The van der Waals surface area contributed by atoms with E-state index in [1.165, 1.54) is 6.20 Å². The predicted octanol–water partition coefficient (Wildman–Crippen LogP) is 2.54. The maximum Gasteiger partial charge on any atom is 0.386 e. The van der Waals surface area contributed by atoms with Crippen molar-refractivity contribution in [2.24, 2.45) is 0 Å². The first-order chi connectivity index (χ1) is 7.46. The van der Waals surface area contributed by atoms with E-state index in [-0.39, 0.29) is 10.6 Å². The maximum absolute atomic E-state index is 10.7. The summed E-state index contributed by atoms with van der Waals surface area (Å²) in [6, 6.07) is 3.35. The van der Waals surface area contributed by atoms with Gasteiger partial charge in [0.05, 0.1) is 0 Å². The fourth-order valence-electron chi connectivity index (χ4n) is 1.06. The third-order valence-electron chi connectivity index (χ3n) is 2.22. The van der Waals surface area contributed by atoms with Crippen LogP contribution in [0.5, 0.6) is 0 Å². The largest absolute Gasteiger partial charge is 0.386 e. The number of pyridine rings is 1. The number of nitrogens with one attached hydrogen (secondary N) is 1. The quantitative estimate of drug-likeness (QED) is 0.633. The molecule has 16 heavy (non-hydrogen) atoms. The smallest absolute Gasteiger partial charge is 0.377 e. The fraction of sp³-hybridized carbons (Fsp3) is 0.500. The number of hydrogen-bond acceptors (Lipinski definition) is 5. The maximum atomic E-state index is 10.7. The minimum absolute atomic E-state index is 0.0315. The van der Waals surface area contributed by atoms with Crippen LogP contribution in [-0.2, 0) is 0 Å². The van der Waals surface area contributed by atoms with Crippen molar-refractivity contribution in [1.82, 2.24) is 4.98 Å². The molecule has 1 aromatic rings. The van der Waals surface area contributed by atoms with Crippen molar-refractivity contribution >= 4 is 23.3 Å². The highest BCUT2D eigenvalue weighted by atomic mass is 32.2. The van der Waals surface area contributed by atoms with E-state index >= 15 is 0 Å². The second-order valence-corrected chi connectivity index (χ2v) is 5.46. The zero-order valence-corrected chi connectivity index (χ0v) is 10.4. The standard InChI is InChI=1S/C10H15N3O2S/c1-10(2,16-3)7-12-8-5-4-6-11-9(8)13(14)15/h4-6,12H,7H2,1-3H3. The van der Waals surface area contributed by atoms with E-state index in [1.54, 1.807) is 23.9 Å². The second kappa shape index (κ2) is 5.16. The Morgan fingerprint density at radius 2 is 2.31 bits per heavy atom. The molecule has 0 spiro atoms. The van der Waals surface area contributed by atoms with Crippen LogP contribution in [0.25, 0.3) is 0 Å². The van der Waals surface area contributed by atoms with Crippen molar-refractivity contribution in [3.05, 3.63) is 28.4 Å². The highest BCUT2D eigenvalue weighted by molar-refractivity contribution is 7.99. The molecule has 1 heterocycles. The Balaban J connectivity index is 2.78. The molecular weight excluding hydrogens is 226 g/mol. The first-order valence-electron chi connectivity index (χ1n) is 4.85. The monoisotopic (exact) mass is 241 g/mol. The Labute approximate surface area is 98.8 Å². The van der Waals surface area contributed by atoms with Gasteiger partial charge in [0, 0.05) is 11.3 Å². The number of hydrogen-bond donors (Lipinski definition) is 1. The van der Waals surface area contributed by atoms with Gasteiger partial charge in [-0.25, -0.2) is 0 Å². The summed E-state index contributed by atoms with van der Waals surface area (Å²) >= 11 is 1.71. The van der Waals surface area contributed by atoms with E-state index in [2.05, 4.69) is 24.1 Å². The average molecular weight is 241 g/mol. The molecule has 0 saturated heterocycles. The van der Waals surface area contributed by atoms with Gasteiger partial charge in [-0.05, 0) is 42.1 Å². The molecule has 88 valence electrons. The average Bonchev–Trinajstić information content (AvgIpc) is 2.27. The van der Waals surface area contributed by atoms with Crippen LogP contribution in [0, 0.1) is 10.1 Å². The van der Waals surface area contributed by atoms with E-state index < -0.39 is 4.92 Å². The molecule has 0 unspecified atom stereocenters. The number of thioether (sulfide) groups is 1. The molecule has 0 atom stereocenters. The predicted molar refractivity (Wildman–Crippen MR) is 67.0 cm³/mol. The van der Waals surface area contributed by atoms with E-state index in [0.29, 0.717) is 12.2 Å². The molecule has 1 rings (SSSR count). The fourth-order valence-corrected chi connectivity index (χ4v) is 1.28. The molecule has 1 aromatic heterocycles. The third kappa shape index (κ3) is 3.37. The van der Waals surface area contributed by atoms with Gasteiger partial charge in [-0.1, -0.05) is 0 Å². The molecule has 0 amide bonds. The van der Waals surface area contributed by atoms with Crippen LogP contribution in [-0.4, -0.2) is 27.5 Å². The van der Waals surface area contributed by atoms with Crippen molar-refractivity contribution < 1.29 is 4.92 Å². The summed E-state index contributed by atoms with van der Waals surface area (Å²) in [4.78, 5) is 14.0. The van der Waals surface area contributed by atoms with Crippen molar-refractivity contribution in [2.45, 2.75) is 18.6 Å². The topological polar surface area (TPSA) is 68.1 Å². The van der Waals surface area contributed by atoms with Gasteiger partial charge < -0.3 is 15.4 Å². The number of aromatic nitrogens is 1. The lowest BCUT2D eigenvalue weighted by Crippen LogP contribution is -2.26. The molecule has 6 heteroatoms. The van der Waals surface area contributed by atoms with Gasteiger partial charge in [0.15, 0.2) is 0 Å². The summed E-state index contributed by atoms with van der Waals surface area (Å²) in [5.41, 5.74) is 0.467. The highest BCUT2D eigenvalue weighted by Gasteiger charge is 2.19. The van der Waals surface area contributed by atoms with Crippen LogP contribution >= 0.6 is 11.8 Å². The number of anilines is 1. The summed E-state index contributed by atoms with van der Waals surface area (Å²) < 4.78 is 0.0315. The SMILES string of the molecule is CSC(C)(C)CNc1cccnc1[N+](=O)[O-]. The summed E-state index contributed by atoms with van der Waals surface area (Å²) in [7, 11) is 0. The zero-order valence-electron chi connectivity index (χ0n) is 9.56. The van der Waals surface area contributed by atoms with Crippen LogP contribution < -0.4 is 5.32 Å². The van der Waals surface area contributed by atoms with Crippen LogP contribution in [0.15, 0.2) is 18.3 Å². The molecule has 1 N–H and O–H groups in total. The van der Waals surface area contributed by atoms with Crippen molar-refractivity contribution in [3.8, 4) is 0 Å². The van der Waals surface area contributed by atoms with E-state index in [4.69, 9.17) is 0 Å². The lowest BCUT2D eigenvalue weighted by Gasteiger charge is -2.22. The van der Waals surface area contributed by atoms with Crippen molar-refractivity contribution in [3.63, 3.8) is 0 Å². The van der Waals surface area contributed by atoms with Gasteiger partial charge in [-0.3, -0.25) is 0 Å². The van der Waals surface area contributed by atoms with E-state index in [9.17, 15) is 10.1 Å². The Hall–Kier alpha value is -1.30. The Kier molecular flexibility index (Phi) is 4.12. The van der Waals surface area contributed by atoms with Crippen LogP contribution in [0.4, 0.5) is 11.5 Å². The Morgan fingerprint density at radius 1 is 1.62 bits per heavy atom. The summed E-state index contributed by atoms with van der Waals surface area (Å²) in [6.45, 7) is 4.81. The van der Waals surface area contributed by atoms with E-state index in [0.717, 1.165) is 0 Å². The molecular formula is C10H15N3O2S. The van der Waals surface area contributed by atoms with Gasteiger partial charge >= 0.3 is 5.82 Å². The molecule has 0 aliphatic rings. The zero-order chi connectivity index (χ0) is 12.2. The normalized spacial score (nSPS) is 11.2. The van der Waals surface area contributed by atoms with Gasteiger partial charge in [0.25, 0.3) is 0 Å². The minimum Gasteiger partial charge on any atom is -0.377 e. The van der Waals surface area contributed by atoms with Gasteiger partial charge in [-0.2, -0.15) is 11.8 Å². The van der Waals surface area contributed by atoms with Crippen molar-refractivity contribution in [1.29, 1.82) is 0 Å². The Morgan fingerprint density at radius 3 is 2.88 bits per heavy atom. The number of rotatable bonds is 5. The second-order valence-electron chi connectivity index (χ2n) is 3.95. The molecule has 0 aromatic carbocycles. The molecule has 0 bridgehead atoms. The molecule has 5 nitrogen and oxygen atoms in total. The first-order valence-corrected chi connectivity index (χ1v) is 6.07. The molecule has 0 aliphatic carbocycles. The van der Waals surface area contributed by atoms with Crippen LogP contribution in [0.3, 0.4) is 0 Å². The first kappa shape index (κ1) is 12.8. The Bertz CT molecular complexity index is 382. The molecule has 0 radical (unpaired) electrons. The summed E-state index contributed by atoms with van der Waals surface area (Å²) in [5.74, 6) is -0.126. The summed E-state index contributed by atoms with van der Waals surface area (Å²) in [6.07, 6.45) is 3.43. The highest BCUT2D eigenvalue weighted by Crippen LogP contribution is 2.25. The molecule has 0 saturated carbocycles. The van der Waals surface area contributed by atoms with Gasteiger partial charge in [0.1, 0.15) is 11.9 Å². The minimum atomic E-state index is -0.478. The lowest BCUT2D eigenvalue weighted by atomic mass is 10.2. The van der Waals surface area contributed by atoms with Gasteiger partial charge in [0.2, 0.25) is 0 Å². The summed E-state index contributed by atoms with van der Waals surface area (Å²) in [5, 5.41) is 13.8. The van der Waals surface area contributed by atoms with E-state index in [1.807, 2.05) is 6.26 Å². The third-order valence-corrected chi connectivity index (χ3v) is 3.47. The van der Waals surface area contributed by atoms with Crippen LogP contribution in [0.1, 0.15) is 13.8 Å². The molecule has 0 fully saturated rings. The number of nitrogens with zero attached hydrogens (tertiary/aromatic N) is 2. The number of nitro groups is 1.